The number of carboxylic acid groups (broad SMARTS) is 1. The molecule has 0 aromatic carbocycles. The fraction of sp³-hybridized carbons (Fsp3) is 0.879. The van der Waals surface area contributed by atoms with Crippen LogP contribution in [-0.4, -0.2) is 23.1 Å². The summed E-state index contributed by atoms with van der Waals surface area (Å²) in [4.78, 5) is 23.6. The van der Waals surface area contributed by atoms with E-state index in [0.29, 0.717) is 12.8 Å². The molecule has 0 aromatic heterocycles. The second-order valence-corrected chi connectivity index (χ2v) is 11.0. The predicted molar refractivity (Wildman–Crippen MR) is 158 cm³/mol. The van der Waals surface area contributed by atoms with Gasteiger partial charge in [-0.05, 0) is 44.9 Å². The van der Waals surface area contributed by atoms with Crippen LogP contribution < -0.4 is 0 Å². The van der Waals surface area contributed by atoms with E-state index < -0.39 is 12.1 Å². The number of unbranched alkanes of at least 4 members (excludes halogenated alkanes) is 21. The van der Waals surface area contributed by atoms with Crippen LogP contribution in [-0.2, 0) is 14.3 Å². The highest BCUT2D eigenvalue weighted by molar-refractivity contribution is 5.77. The summed E-state index contributed by atoms with van der Waals surface area (Å²) in [5.41, 5.74) is 0. The van der Waals surface area contributed by atoms with Gasteiger partial charge in [-0.15, -0.1) is 0 Å². The summed E-state index contributed by atoms with van der Waals surface area (Å²) in [5, 5.41) is 9.40. The molecule has 4 heteroatoms. The molecule has 218 valence electrons. The van der Waals surface area contributed by atoms with Gasteiger partial charge in [0.25, 0.3) is 0 Å². The first-order valence-electron chi connectivity index (χ1n) is 16.2. The van der Waals surface area contributed by atoms with Crippen LogP contribution >= 0.6 is 0 Å². The summed E-state index contributed by atoms with van der Waals surface area (Å²) >= 11 is 0. The molecule has 0 spiro atoms. The first kappa shape index (κ1) is 35.7. The molecule has 1 atom stereocenters. The number of carboxylic acids is 1. The lowest BCUT2D eigenvalue weighted by Crippen LogP contribution is -2.27. The Kier molecular flexibility index (Phi) is 28.2. The van der Waals surface area contributed by atoms with Crippen molar-refractivity contribution in [3.63, 3.8) is 0 Å². The number of hydrogen-bond acceptors (Lipinski definition) is 3. The Morgan fingerprint density at radius 1 is 0.568 bits per heavy atom. The first-order chi connectivity index (χ1) is 18.1. The van der Waals surface area contributed by atoms with Crippen LogP contribution in [0.15, 0.2) is 12.2 Å². The zero-order valence-corrected chi connectivity index (χ0v) is 24.8. The maximum atomic E-state index is 12.1. The number of ether oxygens (including phenoxy) is 1. The average molecular weight is 523 g/mol. The quantitative estimate of drug-likeness (QED) is 0.0602. The SMILES string of the molecule is CCCCCCCC/C=C\CCCCCCCC(=O)OC(CCCCCCCCCCCCC)C(=O)O. The van der Waals surface area contributed by atoms with Gasteiger partial charge in [0.1, 0.15) is 0 Å². The Labute approximate surface area is 230 Å². The van der Waals surface area contributed by atoms with Gasteiger partial charge in [-0.3, -0.25) is 4.79 Å². The van der Waals surface area contributed by atoms with Crippen molar-refractivity contribution in [2.75, 3.05) is 0 Å². The number of carbonyl (C=O) groups is 2. The summed E-state index contributed by atoms with van der Waals surface area (Å²) in [6, 6.07) is 0. The lowest BCUT2D eigenvalue weighted by molar-refractivity contribution is -0.164. The van der Waals surface area contributed by atoms with Gasteiger partial charge in [-0.25, -0.2) is 4.79 Å². The van der Waals surface area contributed by atoms with Crippen LogP contribution in [0.1, 0.15) is 181 Å². The molecule has 0 aliphatic rings. The van der Waals surface area contributed by atoms with Gasteiger partial charge in [0.05, 0.1) is 0 Å². The predicted octanol–water partition coefficient (Wildman–Crippen LogP) is 10.7. The van der Waals surface area contributed by atoms with Crippen LogP contribution in [0.25, 0.3) is 0 Å². The van der Waals surface area contributed by atoms with Gasteiger partial charge >= 0.3 is 11.9 Å². The molecule has 1 unspecified atom stereocenters. The minimum absolute atomic E-state index is 0.334. The molecule has 1 N–H and O–H groups in total. The van der Waals surface area contributed by atoms with E-state index in [1.165, 1.54) is 109 Å². The molecule has 4 nitrogen and oxygen atoms in total. The van der Waals surface area contributed by atoms with Crippen LogP contribution in [0.2, 0.25) is 0 Å². The molecule has 0 radical (unpaired) electrons. The van der Waals surface area contributed by atoms with E-state index in [1.807, 2.05) is 0 Å². The lowest BCUT2D eigenvalue weighted by Gasteiger charge is -2.13. The van der Waals surface area contributed by atoms with E-state index in [9.17, 15) is 14.7 Å². The van der Waals surface area contributed by atoms with Crippen molar-refractivity contribution in [2.24, 2.45) is 0 Å². The minimum Gasteiger partial charge on any atom is -0.479 e. The smallest absolute Gasteiger partial charge is 0.345 e. The van der Waals surface area contributed by atoms with Crippen LogP contribution in [0.4, 0.5) is 0 Å². The lowest BCUT2D eigenvalue weighted by atomic mass is 10.0. The van der Waals surface area contributed by atoms with Gasteiger partial charge in [-0.2, -0.15) is 0 Å². The number of allylic oxidation sites excluding steroid dienone is 2. The topological polar surface area (TPSA) is 63.6 Å². The molecule has 0 bridgehead atoms. The maximum Gasteiger partial charge on any atom is 0.345 e. The Bertz CT molecular complexity index is 528. The average Bonchev–Trinajstić information content (AvgIpc) is 2.88. The zero-order valence-electron chi connectivity index (χ0n) is 24.8. The normalized spacial score (nSPS) is 12.3. The third kappa shape index (κ3) is 27.5. The van der Waals surface area contributed by atoms with Crippen LogP contribution in [0, 0.1) is 0 Å². The largest absolute Gasteiger partial charge is 0.479 e. The standard InChI is InChI=1S/C33H62O4/c1-3-5-7-9-11-13-15-16-17-18-20-22-24-26-28-30-32(34)37-31(33(35)36)29-27-25-23-21-19-14-12-10-8-6-4-2/h16-17,31H,3-15,18-30H2,1-2H3,(H,35,36)/b17-16-. The molecule has 0 aromatic rings. The van der Waals surface area contributed by atoms with E-state index in [0.717, 1.165) is 44.9 Å². The highest BCUT2D eigenvalue weighted by atomic mass is 16.6. The van der Waals surface area contributed by atoms with Crippen molar-refractivity contribution in [2.45, 2.75) is 187 Å². The molecule has 0 heterocycles. The fourth-order valence-corrected chi connectivity index (χ4v) is 4.78. The number of carbonyl (C=O) groups excluding carboxylic acids is 1. The number of rotatable bonds is 29. The van der Waals surface area contributed by atoms with Crippen LogP contribution in [0.5, 0.6) is 0 Å². The van der Waals surface area contributed by atoms with Crippen molar-refractivity contribution in [3.8, 4) is 0 Å². The summed E-state index contributed by atoms with van der Waals surface area (Å²) < 4.78 is 5.28. The summed E-state index contributed by atoms with van der Waals surface area (Å²) in [6.07, 6.45) is 33.8. The molecule has 0 rings (SSSR count). The molecule has 0 saturated heterocycles. The Balaban J connectivity index is 3.59. The van der Waals surface area contributed by atoms with E-state index in [4.69, 9.17) is 4.74 Å². The Hall–Kier alpha value is -1.32. The molecular weight excluding hydrogens is 460 g/mol. The molecular formula is C33H62O4. The van der Waals surface area contributed by atoms with E-state index in [1.54, 1.807) is 0 Å². The van der Waals surface area contributed by atoms with Gasteiger partial charge in [0.15, 0.2) is 6.10 Å². The summed E-state index contributed by atoms with van der Waals surface area (Å²) in [5.74, 6) is -1.36. The van der Waals surface area contributed by atoms with E-state index in [-0.39, 0.29) is 5.97 Å². The third-order valence-corrected chi connectivity index (χ3v) is 7.26. The van der Waals surface area contributed by atoms with Crippen molar-refractivity contribution in [3.05, 3.63) is 12.2 Å². The second kappa shape index (κ2) is 29.2. The molecule has 0 amide bonds. The monoisotopic (exact) mass is 522 g/mol. The molecule has 37 heavy (non-hydrogen) atoms. The zero-order chi connectivity index (χ0) is 27.2. The van der Waals surface area contributed by atoms with Crippen molar-refractivity contribution >= 4 is 11.9 Å². The van der Waals surface area contributed by atoms with Crippen molar-refractivity contribution in [1.82, 2.24) is 0 Å². The number of hydrogen-bond donors (Lipinski definition) is 1. The summed E-state index contributed by atoms with van der Waals surface area (Å²) in [7, 11) is 0. The highest BCUT2D eigenvalue weighted by Gasteiger charge is 2.21. The first-order valence-corrected chi connectivity index (χ1v) is 16.2. The fourth-order valence-electron chi connectivity index (χ4n) is 4.78. The second-order valence-electron chi connectivity index (χ2n) is 11.0. The minimum atomic E-state index is -1.01. The molecule has 0 aliphatic carbocycles. The molecule has 0 aliphatic heterocycles. The highest BCUT2D eigenvalue weighted by Crippen LogP contribution is 2.15. The number of aliphatic carboxylic acids is 1. The van der Waals surface area contributed by atoms with Crippen molar-refractivity contribution in [1.29, 1.82) is 0 Å². The van der Waals surface area contributed by atoms with Crippen molar-refractivity contribution < 1.29 is 19.4 Å². The van der Waals surface area contributed by atoms with Gasteiger partial charge < -0.3 is 9.84 Å². The number of esters is 1. The van der Waals surface area contributed by atoms with Crippen LogP contribution in [0.3, 0.4) is 0 Å². The van der Waals surface area contributed by atoms with E-state index >= 15 is 0 Å². The third-order valence-electron chi connectivity index (χ3n) is 7.26. The van der Waals surface area contributed by atoms with Gasteiger partial charge in [-0.1, -0.05) is 142 Å². The maximum absolute atomic E-state index is 12.1. The Morgan fingerprint density at radius 2 is 0.946 bits per heavy atom. The Morgan fingerprint density at radius 3 is 1.38 bits per heavy atom. The van der Waals surface area contributed by atoms with Gasteiger partial charge in [0, 0.05) is 6.42 Å². The van der Waals surface area contributed by atoms with Gasteiger partial charge in [0.2, 0.25) is 0 Å². The summed E-state index contributed by atoms with van der Waals surface area (Å²) in [6.45, 7) is 4.50. The molecule has 0 fully saturated rings. The van der Waals surface area contributed by atoms with E-state index in [2.05, 4.69) is 26.0 Å². The molecule has 0 saturated carbocycles.